The maximum atomic E-state index is 12.8. The molecule has 3 N–H and O–H groups in total. The highest BCUT2D eigenvalue weighted by Crippen LogP contribution is 2.35. The number of rotatable bonds is 4. The summed E-state index contributed by atoms with van der Waals surface area (Å²) in [6.45, 7) is 0. The summed E-state index contributed by atoms with van der Waals surface area (Å²) >= 11 is 5.57. The van der Waals surface area contributed by atoms with E-state index in [1.807, 2.05) is 0 Å². The van der Waals surface area contributed by atoms with Gasteiger partial charge in [-0.3, -0.25) is 0 Å². The highest BCUT2D eigenvalue weighted by molar-refractivity contribution is 6.31. The van der Waals surface area contributed by atoms with Gasteiger partial charge in [0.05, 0.1) is 10.6 Å². The predicted octanol–water partition coefficient (Wildman–Crippen LogP) is 3.40. The zero-order valence-corrected chi connectivity index (χ0v) is 12.7. The second kappa shape index (κ2) is 6.88. The minimum atomic E-state index is -4.55. The number of hydrogen-bond donors (Lipinski definition) is 3. The van der Waals surface area contributed by atoms with E-state index in [1.54, 1.807) is 0 Å². The average Bonchev–Trinajstić information content (AvgIpc) is 2.50. The van der Waals surface area contributed by atoms with Crippen LogP contribution in [0.1, 0.15) is 11.1 Å². The first-order chi connectivity index (χ1) is 11.2. The van der Waals surface area contributed by atoms with Crippen LogP contribution in [0.25, 0.3) is 0 Å². The molecule has 126 valence electrons. The lowest BCUT2D eigenvalue weighted by molar-refractivity contribution is -0.137. The summed E-state index contributed by atoms with van der Waals surface area (Å²) in [5.41, 5.74) is -0.319. The van der Waals surface area contributed by atoms with Crippen molar-refractivity contribution in [1.82, 2.24) is 5.32 Å². The Labute approximate surface area is 139 Å². The molecular weight excluding hydrogens is 347 g/mol. The van der Waals surface area contributed by atoms with Gasteiger partial charge < -0.3 is 15.8 Å². The van der Waals surface area contributed by atoms with Crippen molar-refractivity contribution in [3.8, 4) is 0 Å². The van der Waals surface area contributed by atoms with Gasteiger partial charge in [-0.2, -0.15) is 13.2 Å². The van der Waals surface area contributed by atoms with E-state index in [-0.39, 0.29) is 22.8 Å². The van der Waals surface area contributed by atoms with E-state index in [0.29, 0.717) is 17.4 Å². The molecule has 0 amide bonds. The third kappa shape index (κ3) is 4.02. The lowest BCUT2D eigenvalue weighted by Gasteiger charge is -2.14. The van der Waals surface area contributed by atoms with Gasteiger partial charge in [-0.15, -0.1) is 0 Å². The van der Waals surface area contributed by atoms with Crippen LogP contribution in [-0.2, 0) is 17.4 Å². The molecule has 1 aromatic rings. The predicted molar refractivity (Wildman–Crippen MR) is 83.3 cm³/mol. The maximum Gasteiger partial charge on any atom is 0.417 e. The number of hydrogen-bond acceptors (Lipinski definition) is 4. The average molecular weight is 358 g/mol. The zero-order valence-electron chi connectivity index (χ0n) is 12.0. The third-order valence-corrected chi connectivity index (χ3v) is 3.46. The van der Waals surface area contributed by atoms with Gasteiger partial charge in [-0.25, -0.2) is 9.79 Å². The van der Waals surface area contributed by atoms with Crippen LogP contribution in [-0.4, -0.2) is 23.5 Å². The number of benzene rings is 1. The van der Waals surface area contributed by atoms with Gasteiger partial charge in [0, 0.05) is 25.0 Å². The van der Waals surface area contributed by atoms with Crippen molar-refractivity contribution in [3.05, 3.63) is 57.5 Å². The van der Waals surface area contributed by atoms with E-state index in [0.717, 1.165) is 6.07 Å². The normalized spacial score (nSPS) is 16.2. The van der Waals surface area contributed by atoms with E-state index in [2.05, 4.69) is 10.3 Å². The minimum Gasteiger partial charge on any atom is -0.477 e. The Hall–Kier alpha value is -2.61. The van der Waals surface area contributed by atoms with Gasteiger partial charge in [-0.1, -0.05) is 17.7 Å². The zero-order chi connectivity index (χ0) is 17.9. The summed E-state index contributed by atoms with van der Waals surface area (Å²) in [7, 11) is 0. The second-order valence-corrected chi connectivity index (χ2v) is 5.23. The maximum absolute atomic E-state index is 12.8. The Morgan fingerprint density at radius 1 is 1.42 bits per heavy atom. The molecule has 1 aliphatic rings. The summed E-state index contributed by atoms with van der Waals surface area (Å²) in [6.07, 6.45) is -0.986. The topological polar surface area (TPSA) is 85.5 Å². The lowest BCUT2D eigenvalue weighted by Crippen LogP contribution is -2.17. The van der Waals surface area contributed by atoms with Gasteiger partial charge >= 0.3 is 12.1 Å². The highest BCUT2D eigenvalue weighted by atomic mass is 35.5. The standard InChI is InChI=1S/C15H11ClF3N3O2/c16-12-2-1-8(4-11(12)15(17,18)19)3-9-6-21-13(22-7-9)10(5-20)14(23)24/h1-2,4-7,20-21H,3H2,(H,23,24)/b13-10-,20-5?. The van der Waals surface area contributed by atoms with Crippen LogP contribution in [0.3, 0.4) is 0 Å². The van der Waals surface area contributed by atoms with Crippen molar-refractivity contribution < 1.29 is 23.1 Å². The van der Waals surface area contributed by atoms with Crippen LogP contribution in [0.15, 0.2) is 46.4 Å². The third-order valence-electron chi connectivity index (χ3n) is 3.13. The van der Waals surface area contributed by atoms with Gasteiger partial charge in [0.25, 0.3) is 0 Å². The van der Waals surface area contributed by atoms with Crippen LogP contribution in [0.5, 0.6) is 0 Å². The quantitative estimate of drug-likeness (QED) is 0.570. The Morgan fingerprint density at radius 3 is 2.62 bits per heavy atom. The molecule has 0 unspecified atom stereocenters. The molecule has 0 spiro atoms. The van der Waals surface area contributed by atoms with Crippen LogP contribution in [0.4, 0.5) is 13.2 Å². The number of alkyl halides is 3. The van der Waals surface area contributed by atoms with Crippen molar-refractivity contribution in [2.45, 2.75) is 12.6 Å². The molecule has 0 fully saturated rings. The number of carbonyl (C=O) groups is 1. The van der Waals surface area contributed by atoms with Gasteiger partial charge in [0.2, 0.25) is 0 Å². The largest absolute Gasteiger partial charge is 0.477 e. The van der Waals surface area contributed by atoms with E-state index >= 15 is 0 Å². The Balaban J connectivity index is 2.20. The second-order valence-electron chi connectivity index (χ2n) is 4.82. The number of aliphatic imine (C=N–C) groups is 1. The van der Waals surface area contributed by atoms with Crippen LogP contribution in [0, 0.1) is 5.41 Å². The minimum absolute atomic E-state index is 0.0201. The lowest BCUT2D eigenvalue weighted by atomic mass is 10.0. The van der Waals surface area contributed by atoms with Crippen molar-refractivity contribution in [1.29, 1.82) is 5.41 Å². The number of halogens is 4. The fraction of sp³-hybridized carbons (Fsp3) is 0.133. The van der Waals surface area contributed by atoms with Gasteiger partial charge in [-0.05, 0) is 23.3 Å². The highest BCUT2D eigenvalue weighted by Gasteiger charge is 2.33. The molecule has 0 aliphatic carbocycles. The first-order valence-corrected chi connectivity index (χ1v) is 6.93. The van der Waals surface area contributed by atoms with Crippen LogP contribution < -0.4 is 5.32 Å². The van der Waals surface area contributed by atoms with E-state index in [4.69, 9.17) is 22.1 Å². The number of nitrogens with zero attached hydrogens (tertiary/aromatic N) is 1. The van der Waals surface area contributed by atoms with Crippen molar-refractivity contribution in [3.63, 3.8) is 0 Å². The monoisotopic (exact) mass is 357 g/mol. The fourth-order valence-corrected chi connectivity index (χ4v) is 2.22. The Kier molecular flexibility index (Phi) is 5.08. The van der Waals surface area contributed by atoms with Crippen LogP contribution >= 0.6 is 11.6 Å². The van der Waals surface area contributed by atoms with Crippen LogP contribution in [0.2, 0.25) is 5.02 Å². The van der Waals surface area contributed by atoms with E-state index in [9.17, 15) is 18.0 Å². The molecule has 0 saturated heterocycles. The molecule has 24 heavy (non-hydrogen) atoms. The molecule has 9 heteroatoms. The summed E-state index contributed by atoms with van der Waals surface area (Å²) in [4.78, 5) is 14.8. The molecule has 2 rings (SSSR count). The summed E-state index contributed by atoms with van der Waals surface area (Å²) < 4.78 is 38.5. The SMILES string of the molecule is N=C/C(C(=O)O)=C1/N=CC(Cc2ccc(Cl)c(C(F)(F)F)c2)=CN1. The van der Waals surface area contributed by atoms with Crippen molar-refractivity contribution >= 4 is 30.0 Å². The van der Waals surface area contributed by atoms with E-state index in [1.165, 1.54) is 24.5 Å². The molecule has 0 atom stereocenters. The summed E-state index contributed by atoms with van der Waals surface area (Å²) in [6, 6.07) is 3.61. The van der Waals surface area contributed by atoms with Gasteiger partial charge in [0.1, 0.15) is 11.4 Å². The number of nitrogens with one attached hydrogen (secondary N) is 2. The first-order valence-electron chi connectivity index (χ1n) is 6.55. The molecule has 1 aromatic carbocycles. The molecule has 0 aromatic heterocycles. The molecule has 0 radical (unpaired) electrons. The molecule has 5 nitrogen and oxygen atoms in total. The summed E-state index contributed by atoms with van der Waals surface area (Å²) in [5.74, 6) is -1.33. The molecule has 1 aliphatic heterocycles. The number of carboxylic acid groups (broad SMARTS) is 1. The Bertz CT molecular complexity index is 783. The molecular formula is C15H11ClF3N3O2. The first kappa shape index (κ1) is 17.7. The number of allylic oxidation sites excluding steroid dienone is 1. The Morgan fingerprint density at radius 2 is 2.12 bits per heavy atom. The van der Waals surface area contributed by atoms with E-state index < -0.39 is 17.7 Å². The van der Waals surface area contributed by atoms with Crippen molar-refractivity contribution in [2.24, 2.45) is 4.99 Å². The molecule has 1 heterocycles. The smallest absolute Gasteiger partial charge is 0.417 e. The summed E-state index contributed by atoms with van der Waals surface area (Å²) in [5, 5.41) is 18.2. The number of carboxylic acids is 1. The molecule has 0 bridgehead atoms. The number of aliphatic carboxylic acids is 1. The van der Waals surface area contributed by atoms with Crippen molar-refractivity contribution in [2.75, 3.05) is 0 Å². The fourth-order valence-electron chi connectivity index (χ4n) is 1.99. The molecule has 0 saturated carbocycles. The van der Waals surface area contributed by atoms with Gasteiger partial charge in [0.15, 0.2) is 0 Å².